The number of rotatable bonds is 5. The minimum absolute atomic E-state index is 0.124. The van der Waals surface area contributed by atoms with Gasteiger partial charge in [-0.1, -0.05) is 0 Å². The lowest BCUT2D eigenvalue weighted by Crippen LogP contribution is -2.70. The summed E-state index contributed by atoms with van der Waals surface area (Å²) in [5.41, 5.74) is 0. The molecule has 0 aromatic carbocycles. The molecule has 0 heterocycles. The van der Waals surface area contributed by atoms with Crippen molar-refractivity contribution in [2.45, 2.75) is 35.8 Å². The van der Waals surface area contributed by atoms with Crippen molar-refractivity contribution in [3.63, 3.8) is 0 Å². The third-order valence-corrected chi connectivity index (χ3v) is 2.85. The molecule has 0 rings (SSSR count). The van der Waals surface area contributed by atoms with E-state index in [1.807, 2.05) is 0 Å². The second-order valence-corrected chi connectivity index (χ2v) is 4.89. The zero-order chi connectivity index (χ0) is 20.2. The maximum Gasteiger partial charge on any atom is 0.460 e. The third kappa shape index (κ3) is 3.02. The van der Waals surface area contributed by atoms with Gasteiger partial charge in [-0.25, -0.2) is 4.39 Å². The van der Waals surface area contributed by atoms with Gasteiger partial charge < -0.3 is 0 Å². The minimum Gasteiger partial charge on any atom is -0.201 e. The largest absolute Gasteiger partial charge is 0.460 e. The second kappa shape index (κ2) is 6.00. The van der Waals surface area contributed by atoms with Crippen molar-refractivity contribution in [1.29, 1.82) is 0 Å². The zero-order valence-electron chi connectivity index (χ0n) is 10.0. The maximum absolute atomic E-state index is 12.9. The van der Waals surface area contributed by atoms with Gasteiger partial charge in [0.25, 0.3) is 0 Å². The predicted molar refractivity (Wildman–Crippen MR) is 54.1 cm³/mol. The van der Waals surface area contributed by atoms with Crippen LogP contribution in [0.4, 0.5) is 65.9 Å². The molecule has 0 spiro atoms. The van der Waals surface area contributed by atoms with Gasteiger partial charge >= 0.3 is 35.8 Å². The van der Waals surface area contributed by atoms with Gasteiger partial charge in [0.2, 0.25) is 5.83 Å². The first-order valence-electron chi connectivity index (χ1n) is 4.77. The Bertz CT molecular complexity index is 508. The van der Waals surface area contributed by atoms with Gasteiger partial charge in [-0.3, -0.25) is 0 Å². The Morgan fingerprint density at radius 2 is 0.792 bits per heavy atom. The second-order valence-electron chi connectivity index (χ2n) is 3.94. The van der Waals surface area contributed by atoms with Crippen LogP contribution in [-0.4, -0.2) is 35.8 Å². The van der Waals surface area contributed by atoms with Gasteiger partial charge in [-0.2, -0.15) is 61.5 Å². The van der Waals surface area contributed by atoms with Crippen LogP contribution in [0.2, 0.25) is 0 Å². The van der Waals surface area contributed by atoms with Gasteiger partial charge in [0.15, 0.2) is 3.83 Å². The van der Waals surface area contributed by atoms with Gasteiger partial charge in [0.05, 0.1) is 0 Å². The van der Waals surface area contributed by atoms with E-state index in [9.17, 15) is 65.9 Å². The van der Waals surface area contributed by atoms with Crippen molar-refractivity contribution in [2.24, 2.45) is 0 Å². The zero-order valence-corrected chi connectivity index (χ0v) is 12.2. The molecule has 0 aromatic rings. The molecular weight excluding hydrogens is 508 g/mol. The molecule has 16 heteroatoms. The SMILES string of the molecule is FC(I)=C(F)C(F)(F)C(F)(F)C(F)(F)C(F)(F)C(F)(F)C(F)(F)F. The lowest BCUT2D eigenvalue weighted by Gasteiger charge is -2.39. The van der Waals surface area contributed by atoms with Crippen LogP contribution in [0.5, 0.6) is 0 Å². The van der Waals surface area contributed by atoms with Crippen LogP contribution in [0, 0.1) is 0 Å². The van der Waals surface area contributed by atoms with Crippen molar-refractivity contribution in [2.75, 3.05) is 0 Å². The normalized spacial score (nSPS) is 17.0. The molecule has 0 atom stereocenters. The van der Waals surface area contributed by atoms with Crippen molar-refractivity contribution in [3.8, 4) is 0 Å². The first kappa shape index (κ1) is 23.4. The highest BCUT2D eigenvalue weighted by molar-refractivity contribution is 14.1. The summed E-state index contributed by atoms with van der Waals surface area (Å²) < 4.78 is 184. The predicted octanol–water partition coefficient (Wildman–Crippen LogP) is 6.27. The summed E-state index contributed by atoms with van der Waals surface area (Å²) in [7, 11) is 0. The average molecular weight is 508 g/mol. The topological polar surface area (TPSA) is 0 Å². The van der Waals surface area contributed by atoms with E-state index in [1.165, 1.54) is 0 Å². The van der Waals surface area contributed by atoms with E-state index in [1.54, 1.807) is 0 Å². The summed E-state index contributed by atoms with van der Waals surface area (Å²) in [4.78, 5) is 0. The number of allylic oxidation sites excluding steroid dienone is 1. The molecule has 0 unspecified atom stereocenters. The smallest absolute Gasteiger partial charge is 0.201 e. The summed E-state index contributed by atoms with van der Waals surface area (Å²) in [6.07, 6.45) is -7.56. The fraction of sp³-hybridized carbons (Fsp3) is 0.750. The molecule has 24 heavy (non-hydrogen) atoms. The molecule has 0 aromatic heterocycles. The van der Waals surface area contributed by atoms with E-state index >= 15 is 0 Å². The molecule has 0 nitrogen and oxygen atoms in total. The third-order valence-electron chi connectivity index (χ3n) is 2.37. The van der Waals surface area contributed by atoms with E-state index in [-0.39, 0.29) is 22.6 Å². The highest BCUT2D eigenvalue weighted by Crippen LogP contribution is 2.61. The molecule has 0 saturated carbocycles. The van der Waals surface area contributed by atoms with E-state index in [0.717, 1.165) is 0 Å². The Hall–Kier alpha value is -0.580. The molecule has 0 bridgehead atoms. The summed E-state index contributed by atoms with van der Waals surface area (Å²) in [6.45, 7) is 0. The van der Waals surface area contributed by atoms with Crippen LogP contribution < -0.4 is 0 Å². The van der Waals surface area contributed by atoms with Gasteiger partial charge in [0, 0.05) is 0 Å². The summed E-state index contributed by atoms with van der Waals surface area (Å²) in [5.74, 6) is -43.3. The van der Waals surface area contributed by atoms with E-state index in [0.29, 0.717) is 0 Å². The van der Waals surface area contributed by atoms with Crippen molar-refractivity contribution >= 4 is 22.6 Å². The molecule has 0 aliphatic rings. The summed E-state index contributed by atoms with van der Waals surface area (Å²) in [5, 5.41) is 0. The maximum atomic E-state index is 12.9. The number of alkyl halides is 13. The Morgan fingerprint density at radius 1 is 0.500 bits per heavy atom. The fourth-order valence-electron chi connectivity index (χ4n) is 1.03. The van der Waals surface area contributed by atoms with E-state index in [4.69, 9.17) is 0 Å². The van der Waals surface area contributed by atoms with Crippen LogP contribution in [0.25, 0.3) is 0 Å². The van der Waals surface area contributed by atoms with Crippen LogP contribution in [0.3, 0.4) is 0 Å². The Balaban J connectivity index is 6.47. The summed E-state index contributed by atoms with van der Waals surface area (Å²) in [6, 6.07) is 0. The molecule has 0 aliphatic carbocycles. The molecule has 0 radical (unpaired) electrons. The number of hydrogen-bond donors (Lipinski definition) is 0. The highest BCUT2D eigenvalue weighted by atomic mass is 127. The molecule has 0 N–H and O–H groups in total. The van der Waals surface area contributed by atoms with Gasteiger partial charge in [0.1, 0.15) is 0 Å². The van der Waals surface area contributed by atoms with Gasteiger partial charge in [-0.15, -0.1) is 0 Å². The molecule has 0 saturated heterocycles. The van der Waals surface area contributed by atoms with Crippen LogP contribution in [0.1, 0.15) is 0 Å². The molecule has 0 aliphatic heterocycles. The highest BCUT2D eigenvalue weighted by Gasteiger charge is 2.91. The summed E-state index contributed by atoms with van der Waals surface area (Å²) >= 11 is -0.124. The van der Waals surface area contributed by atoms with Crippen molar-refractivity contribution < 1.29 is 65.9 Å². The Kier molecular flexibility index (Phi) is 5.85. The lowest BCUT2D eigenvalue weighted by atomic mass is 9.93. The van der Waals surface area contributed by atoms with Crippen LogP contribution >= 0.6 is 22.6 Å². The number of halogens is 16. The van der Waals surface area contributed by atoms with Crippen molar-refractivity contribution in [1.82, 2.24) is 0 Å². The fourth-order valence-corrected chi connectivity index (χ4v) is 1.36. The molecule has 0 fully saturated rings. The average Bonchev–Trinajstić information content (AvgIpc) is 2.35. The van der Waals surface area contributed by atoms with Gasteiger partial charge in [-0.05, 0) is 22.6 Å². The van der Waals surface area contributed by atoms with E-state index in [2.05, 4.69) is 0 Å². The molecule has 0 amide bonds. The monoisotopic (exact) mass is 508 g/mol. The Labute approximate surface area is 134 Å². The minimum atomic E-state index is -8.15. The lowest BCUT2D eigenvalue weighted by molar-refractivity contribution is -0.437. The first-order chi connectivity index (χ1) is 10.1. The molecule has 144 valence electrons. The first-order valence-corrected chi connectivity index (χ1v) is 5.85. The number of hydrogen-bond acceptors (Lipinski definition) is 0. The van der Waals surface area contributed by atoms with Crippen LogP contribution in [-0.2, 0) is 0 Å². The standard InChI is InChI=1S/C8F15I/c9-1(2(10)24)3(11,12)4(13,14)5(15,16)6(17,18)7(19,20)8(21,22)23. The van der Waals surface area contributed by atoms with E-state index < -0.39 is 45.4 Å². The Morgan fingerprint density at radius 3 is 1.04 bits per heavy atom. The van der Waals surface area contributed by atoms with Crippen molar-refractivity contribution in [3.05, 3.63) is 9.66 Å². The molecular formula is C8F15I. The quantitative estimate of drug-likeness (QED) is 0.304. The van der Waals surface area contributed by atoms with Crippen LogP contribution in [0.15, 0.2) is 9.66 Å².